The molecule has 0 fully saturated rings. The Morgan fingerprint density at radius 3 is 2.15 bits per heavy atom. The summed E-state index contributed by atoms with van der Waals surface area (Å²) in [4.78, 5) is 0. The van der Waals surface area contributed by atoms with E-state index in [-0.39, 0.29) is 0 Å². The third-order valence-electron chi connectivity index (χ3n) is 2.40. The largest absolute Gasteiger partial charge is 0.0848 e. The van der Waals surface area contributed by atoms with E-state index in [4.69, 9.17) is 11.6 Å². The highest BCUT2D eigenvalue weighted by Gasteiger charge is 2.21. The van der Waals surface area contributed by atoms with Crippen molar-refractivity contribution in [3.05, 3.63) is 22.4 Å². The van der Waals surface area contributed by atoms with Crippen LogP contribution in [-0.2, 0) is 0 Å². The van der Waals surface area contributed by atoms with E-state index in [1.807, 2.05) is 0 Å². The van der Waals surface area contributed by atoms with Crippen LogP contribution in [0, 0.1) is 0 Å². The maximum atomic E-state index is 6.27. The molecule has 0 spiro atoms. The summed E-state index contributed by atoms with van der Waals surface area (Å²) < 4.78 is 0. The van der Waals surface area contributed by atoms with Gasteiger partial charge < -0.3 is 0 Å². The monoisotopic (exact) mass is 214 g/mol. The van der Waals surface area contributed by atoms with Crippen molar-refractivity contribution in [1.29, 1.82) is 0 Å². The molecule has 2 heteroatoms. The van der Waals surface area contributed by atoms with Gasteiger partial charge in [0.15, 0.2) is 0 Å². The summed E-state index contributed by atoms with van der Waals surface area (Å²) in [5.74, 6) is 0. The topological polar surface area (TPSA) is 0 Å². The lowest BCUT2D eigenvalue weighted by atomic mass is 10.1. The van der Waals surface area contributed by atoms with Crippen molar-refractivity contribution in [1.82, 2.24) is 0 Å². The fourth-order valence-electron chi connectivity index (χ4n) is 1.64. The Hall–Kier alpha value is -0.0131. The molecule has 0 aromatic heterocycles. The first-order valence-electron chi connectivity index (χ1n) is 5.08. The van der Waals surface area contributed by atoms with E-state index in [1.54, 1.807) is 0 Å². The molecule has 0 saturated carbocycles. The standard InChI is InChI=1S/C11H19ClSi/c1-13(2,3)11-9-7-5-4-6-8-10(11)12/h8-9H,4-7H2,1-3H3/b10-8+,11-9+. The van der Waals surface area contributed by atoms with E-state index in [9.17, 15) is 0 Å². The van der Waals surface area contributed by atoms with Crippen molar-refractivity contribution >= 4 is 19.7 Å². The Morgan fingerprint density at radius 1 is 1.08 bits per heavy atom. The predicted molar refractivity (Wildman–Crippen MR) is 63.8 cm³/mol. The minimum atomic E-state index is -1.21. The van der Waals surface area contributed by atoms with E-state index in [0.29, 0.717) is 0 Å². The second-order valence-corrected chi connectivity index (χ2v) is 10.2. The molecule has 0 N–H and O–H groups in total. The zero-order chi connectivity index (χ0) is 9.90. The van der Waals surface area contributed by atoms with E-state index >= 15 is 0 Å². The Balaban J connectivity index is 2.89. The molecule has 0 bridgehead atoms. The first-order chi connectivity index (χ1) is 6.02. The summed E-state index contributed by atoms with van der Waals surface area (Å²) in [6.45, 7) is 7.07. The fourth-order valence-corrected chi connectivity index (χ4v) is 4.25. The zero-order valence-electron chi connectivity index (χ0n) is 8.86. The summed E-state index contributed by atoms with van der Waals surface area (Å²) >= 11 is 6.27. The van der Waals surface area contributed by atoms with Gasteiger partial charge in [-0.25, -0.2) is 0 Å². The number of hydrogen-bond donors (Lipinski definition) is 0. The lowest BCUT2D eigenvalue weighted by Gasteiger charge is -2.22. The molecule has 13 heavy (non-hydrogen) atoms. The van der Waals surface area contributed by atoms with Gasteiger partial charge in [-0.3, -0.25) is 0 Å². The third kappa shape index (κ3) is 3.32. The van der Waals surface area contributed by atoms with Gasteiger partial charge in [0.25, 0.3) is 0 Å². The van der Waals surface area contributed by atoms with Crippen molar-refractivity contribution in [3.8, 4) is 0 Å². The minimum absolute atomic E-state index is 1.03. The molecule has 0 aliphatic heterocycles. The fraction of sp³-hybridized carbons (Fsp3) is 0.636. The molecule has 0 heterocycles. The van der Waals surface area contributed by atoms with Gasteiger partial charge in [0.1, 0.15) is 0 Å². The first kappa shape index (κ1) is 11.1. The molecule has 0 amide bonds. The summed E-state index contributed by atoms with van der Waals surface area (Å²) in [7, 11) is -1.21. The zero-order valence-corrected chi connectivity index (χ0v) is 10.6. The van der Waals surface area contributed by atoms with Crippen molar-refractivity contribution in [2.24, 2.45) is 0 Å². The molecule has 0 nitrogen and oxygen atoms in total. The molecular formula is C11H19ClSi. The molecule has 1 rings (SSSR count). The number of allylic oxidation sites excluding steroid dienone is 4. The van der Waals surface area contributed by atoms with Crippen molar-refractivity contribution < 1.29 is 0 Å². The maximum Gasteiger partial charge on any atom is 0.0791 e. The molecule has 1 aliphatic carbocycles. The smallest absolute Gasteiger partial charge is 0.0791 e. The van der Waals surface area contributed by atoms with Crippen LogP contribution < -0.4 is 0 Å². The highest BCUT2D eigenvalue weighted by Crippen LogP contribution is 2.28. The van der Waals surface area contributed by atoms with E-state index in [2.05, 4.69) is 31.8 Å². The normalized spacial score (nSPS) is 28.0. The molecule has 0 unspecified atom stereocenters. The number of halogens is 1. The van der Waals surface area contributed by atoms with E-state index in [1.165, 1.54) is 24.5 Å². The van der Waals surface area contributed by atoms with Crippen LogP contribution in [0.5, 0.6) is 0 Å². The number of hydrogen-bond acceptors (Lipinski definition) is 0. The van der Waals surface area contributed by atoms with Crippen LogP contribution in [0.15, 0.2) is 22.4 Å². The maximum absolute atomic E-state index is 6.27. The quantitative estimate of drug-likeness (QED) is 0.565. The van der Waals surface area contributed by atoms with Gasteiger partial charge in [-0.2, -0.15) is 0 Å². The van der Waals surface area contributed by atoms with Crippen molar-refractivity contribution in [2.45, 2.75) is 45.3 Å². The molecule has 0 atom stereocenters. The summed E-state index contributed by atoms with van der Waals surface area (Å²) in [6.07, 6.45) is 9.53. The average molecular weight is 215 g/mol. The molecular weight excluding hydrogens is 196 g/mol. The van der Waals surface area contributed by atoms with E-state index in [0.717, 1.165) is 11.5 Å². The lowest BCUT2D eigenvalue weighted by molar-refractivity contribution is 0.756. The number of rotatable bonds is 1. The van der Waals surface area contributed by atoms with Crippen LogP contribution in [0.3, 0.4) is 0 Å². The lowest BCUT2D eigenvalue weighted by Crippen LogP contribution is -2.24. The molecule has 0 radical (unpaired) electrons. The highest BCUT2D eigenvalue weighted by molar-refractivity contribution is 6.85. The van der Waals surface area contributed by atoms with Gasteiger partial charge in [-0.15, -0.1) is 0 Å². The third-order valence-corrected chi connectivity index (χ3v) is 5.00. The van der Waals surface area contributed by atoms with Crippen LogP contribution in [-0.4, -0.2) is 8.07 Å². The van der Waals surface area contributed by atoms with Gasteiger partial charge in [-0.05, 0) is 30.9 Å². The van der Waals surface area contributed by atoms with Crippen LogP contribution in [0.4, 0.5) is 0 Å². The molecule has 0 saturated heterocycles. The Morgan fingerprint density at radius 2 is 1.62 bits per heavy atom. The van der Waals surface area contributed by atoms with Crippen LogP contribution in [0.25, 0.3) is 0 Å². The Kier molecular flexibility index (Phi) is 3.81. The predicted octanol–water partition coefficient (Wildman–Crippen LogP) is 4.49. The summed E-state index contributed by atoms with van der Waals surface area (Å²) in [6, 6.07) is 0. The van der Waals surface area contributed by atoms with Gasteiger partial charge >= 0.3 is 0 Å². The Labute approximate surface area is 87.7 Å². The van der Waals surface area contributed by atoms with Gasteiger partial charge in [-0.1, -0.05) is 43.4 Å². The molecule has 1 aliphatic rings. The Bertz CT molecular complexity index is 233. The first-order valence-corrected chi connectivity index (χ1v) is 8.96. The second kappa shape index (κ2) is 4.47. The van der Waals surface area contributed by atoms with Crippen LogP contribution in [0.2, 0.25) is 19.6 Å². The summed E-state index contributed by atoms with van der Waals surface area (Å²) in [5.41, 5.74) is 0. The minimum Gasteiger partial charge on any atom is -0.0848 e. The molecule has 0 aromatic carbocycles. The molecule has 74 valence electrons. The SMILES string of the molecule is C[Si](C)(C)C1=C/CCCC/C=C\1Cl. The van der Waals surface area contributed by atoms with E-state index < -0.39 is 8.07 Å². The van der Waals surface area contributed by atoms with Gasteiger partial charge in [0.2, 0.25) is 0 Å². The van der Waals surface area contributed by atoms with Gasteiger partial charge in [0.05, 0.1) is 8.07 Å². The van der Waals surface area contributed by atoms with Crippen LogP contribution >= 0.6 is 11.6 Å². The molecule has 0 aromatic rings. The summed E-state index contributed by atoms with van der Waals surface area (Å²) in [5, 5.41) is 2.48. The second-order valence-electron chi connectivity index (χ2n) is 4.70. The van der Waals surface area contributed by atoms with Crippen molar-refractivity contribution in [3.63, 3.8) is 0 Å². The van der Waals surface area contributed by atoms with Crippen LogP contribution in [0.1, 0.15) is 25.7 Å². The highest BCUT2D eigenvalue weighted by atomic mass is 35.5. The van der Waals surface area contributed by atoms with Gasteiger partial charge in [0, 0.05) is 5.03 Å². The van der Waals surface area contributed by atoms with Crippen molar-refractivity contribution in [2.75, 3.05) is 0 Å². The average Bonchev–Trinajstić information content (AvgIpc) is 1.94.